The molecule has 4 heterocycles. The van der Waals surface area contributed by atoms with E-state index in [-0.39, 0.29) is 42.8 Å². The smallest absolute Gasteiger partial charge is 0.352 e. The fraction of sp³-hybridized carbons (Fsp3) is 0.500. The maximum Gasteiger partial charge on any atom is 0.352 e. The second kappa shape index (κ2) is 12.9. The number of hydrogen-bond acceptors (Lipinski definition) is 12. The quantitative estimate of drug-likeness (QED) is 0.251. The van der Waals surface area contributed by atoms with Gasteiger partial charge in [0.2, 0.25) is 11.1 Å². The van der Waals surface area contributed by atoms with E-state index in [1.165, 1.54) is 39.8 Å². The van der Waals surface area contributed by atoms with E-state index in [4.69, 9.17) is 5.73 Å². The van der Waals surface area contributed by atoms with Gasteiger partial charge in [-0.15, -0.1) is 53.0 Å². The summed E-state index contributed by atoms with van der Waals surface area (Å²) in [6, 6.07) is -0.782. The van der Waals surface area contributed by atoms with Gasteiger partial charge in [0.15, 0.2) is 5.13 Å². The van der Waals surface area contributed by atoms with Crippen molar-refractivity contribution in [3.63, 3.8) is 0 Å². The van der Waals surface area contributed by atoms with E-state index in [1.54, 1.807) is 10.1 Å². The van der Waals surface area contributed by atoms with Gasteiger partial charge in [0, 0.05) is 23.4 Å². The first kappa shape index (κ1) is 30.1. The van der Waals surface area contributed by atoms with E-state index in [2.05, 4.69) is 25.8 Å². The summed E-state index contributed by atoms with van der Waals surface area (Å²) in [5, 5.41) is 26.4. The van der Waals surface area contributed by atoms with Gasteiger partial charge < -0.3 is 21.1 Å². The molecule has 0 aromatic carbocycles. The number of carbonyl (C=O) groups is 3. The summed E-state index contributed by atoms with van der Waals surface area (Å²) >= 11 is 3.98. The first-order valence-electron chi connectivity index (χ1n) is 10.2. The zero-order valence-corrected chi connectivity index (χ0v) is 23.3. The number of thioether (sulfide) groups is 2. The Kier molecular flexibility index (Phi) is 10.8. The number of tetrazole rings is 1. The standard InChI is InChI=1S/C18H23N9O4S3.2ClH/c1-25(2)3-4-26-18(22-23-24-26)34-7-9-6-32-15-12(14(29)27(15)13(9)16(30)31)21-11(28)5-10-8-33-17(19)20-10;;/h8,12,15H,3-7H2,1-2H3,(H2,19,20)(H,21,28)(H,30,31);2*1H/t12-,15+;;/m1../s1. The van der Waals surface area contributed by atoms with Crippen molar-refractivity contribution in [2.24, 2.45) is 0 Å². The largest absolute Gasteiger partial charge is 0.477 e. The fourth-order valence-electron chi connectivity index (χ4n) is 3.47. The predicted molar refractivity (Wildman–Crippen MR) is 142 cm³/mol. The number of aromatic nitrogens is 5. The number of halogens is 2. The number of hydrogen-bond donors (Lipinski definition) is 3. The highest BCUT2D eigenvalue weighted by Gasteiger charge is 2.54. The van der Waals surface area contributed by atoms with Crippen LogP contribution in [-0.2, 0) is 27.3 Å². The Balaban J connectivity index is 0.00000228. The van der Waals surface area contributed by atoms with Gasteiger partial charge >= 0.3 is 5.97 Å². The number of thiazole rings is 1. The number of fused-ring (bicyclic) bond motifs is 1. The molecule has 1 saturated heterocycles. The highest BCUT2D eigenvalue weighted by molar-refractivity contribution is 8.01. The predicted octanol–water partition coefficient (Wildman–Crippen LogP) is 0.190. The Morgan fingerprint density at radius 3 is 2.75 bits per heavy atom. The molecular weight excluding hydrogens is 573 g/mol. The molecule has 2 aliphatic rings. The number of nitrogens with two attached hydrogens (primary N) is 1. The highest BCUT2D eigenvalue weighted by atomic mass is 35.5. The maximum absolute atomic E-state index is 12.8. The molecule has 36 heavy (non-hydrogen) atoms. The number of anilines is 1. The zero-order valence-electron chi connectivity index (χ0n) is 19.2. The summed E-state index contributed by atoms with van der Waals surface area (Å²) in [6.45, 7) is 1.36. The van der Waals surface area contributed by atoms with Crippen LogP contribution in [0.1, 0.15) is 5.69 Å². The van der Waals surface area contributed by atoms with Gasteiger partial charge in [-0.2, -0.15) is 0 Å². The Morgan fingerprint density at radius 1 is 1.36 bits per heavy atom. The van der Waals surface area contributed by atoms with Crippen molar-refractivity contribution in [2.75, 3.05) is 37.9 Å². The lowest BCUT2D eigenvalue weighted by molar-refractivity contribution is -0.150. The van der Waals surface area contributed by atoms with Gasteiger partial charge in [-0.3, -0.25) is 14.5 Å². The Hall–Kier alpha value is -2.11. The number of nitrogens with one attached hydrogen (secondary N) is 1. The molecule has 0 saturated carbocycles. The van der Waals surface area contributed by atoms with Crippen molar-refractivity contribution in [2.45, 2.75) is 29.5 Å². The number of carboxylic acid groups (broad SMARTS) is 1. The van der Waals surface area contributed by atoms with Gasteiger partial charge in [0.1, 0.15) is 17.1 Å². The topological polar surface area (TPSA) is 172 Å². The lowest BCUT2D eigenvalue weighted by Crippen LogP contribution is -2.70. The summed E-state index contributed by atoms with van der Waals surface area (Å²) in [4.78, 5) is 44.5. The van der Waals surface area contributed by atoms with Crippen LogP contribution in [-0.4, -0.2) is 101 Å². The first-order valence-corrected chi connectivity index (χ1v) is 13.1. The van der Waals surface area contributed by atoms with Gasteiger partial charge in [-0.1, -0.05) is 11.8 Å². The van der Waals surface area contributed by atoms with Crippen molar-refractivity contribution < 1.29 is 19.5 Å². The molecule has 13 nitrogen and oxygen atoms in total. The Bertz CT molecular complexity index is 1140. The Labute approximate surface area is 231 Å². The molecule has 0 aliphatic carbocycles. The average Bonchev–Trinajstić information content (AvgIpc) is 3.41. The van der Waals surface area contributed by atoms with E-state index < -0.39 is 23.3 Å². The molecule has 4 rings (SSSR count). The Morgan fingerprint density at radius 2 is 2.11 bits per heavy atom. The molecule has 2 aliphatic heterocycles. The normalized spacial score (nSPS) is 18.8. The van der Waals surface area contributed by atoms with Gasteiger partial charge in [-0.05, 0) is 30.1 Å². The van der Waals surface area contributed by atoms with Crippen LogP contribution < -0.4 is 11.1 Å². The van der Waals surface area contributed by atoms with Crippen molar-refractivity contribution >= 4 is 82.6 Å². The van der Waals surface area contributed by atoms with Gasteiger partial charge in [0.25, 0.3) is 5.91 Å². The minimum absolute atomic E-state index is 0. The molecule has 4 N–H and O–H groups in total. The molecule has 0 unspecified atom stereocenters. The van der Waals surface area contributed by atoms with E-state index in [1.807, 2.05) is 19.0 Å². The molecule has 18 heteroatoms. The lowest BCUT2D eigenvalue weighted by atomic mass is 10.0. The molecule has 2 aromatic heterocycles. The van der Waals surface area contributed by atoms with Crippen LogP contribution in [0.5, 0.6) is 0 Å². The monoisotopic (exact) mass is 597 g/mol. The van der Waals surface area contributed by atoms with Crippen molar-refractivity contribution in [1.29, 1.82) is 0 Å². The molecular formula is C18H25Cl2N9O4S3. The van der Waals surface area contributed by atoms with Crippen LogP contribution >= 0.6 is 59.7 Å². The molecule has 2 aromatic rings. The van der Waals surface area contributed by atoms with Crippen LogP contribution in [0.3, 0.4) is 0 Å². The number of nitrogens with zero attached hydrogens (tertiary/aromatic N) is 7. The average molecular weight is 599 g/mol. The number of carbonyl (C=O) groups excluding carboxylic acids is 2. The van der Waals surface area contributed by atoms with Crippen LogP contribution in [0.25, 0.3) is 0 Å². The molecule has 1 fully saturated rings. The summed E-state index contributed by atoms with van der Waals surface area (Å²) < 4.78 is 1.67. The maximum atomic E-state index is 12.8. The molecule has 0 radical (unpaired) electrons. The molecule has 0 spiro atoms. The van der Waals surface area contributed by atoms with Gasteiger partial charge in [-0.25, -0.2) is 14.5 Å². The molecule has 198 valence electrons. The molecule has 0 bridgehead atoms. The minimum atomic E-state index is -1.18. The number of likely N-dealkylation sites (N-methyl/N-ethyl adjacent to an activating group) is 1. The number of rotatable bonds is 10. The van der Waals surface area contributed by atoms with Crippen LogP contribution in [0.15, 0.2) is 21.8 Å². The number of β-lactam (4-membered cyclic amide) rings is 1. The SMILES string of the molecule is CN(C)CCn1nnnc1SCC1=C(C(=O)O)N2C(=O)[C@@H](NC(=O)Cc3csc(N)n3)[C@@H]2SC1.Cl.Cl. The van der Waals surface area contributed by atoms with E-state index >= 15 is 0 Å². The second-order valence-corrected chi connectivity index (χ2v) is 10.8. The number of carboxylic acids is 1. The number of aliphatic carboxylic acids is 1. The fourth-order valence-corrected chi connectivity index (χ4v) is 6.42. The molecule has 2 atom stereocenters. The van der Waals surface area contributed by atoms with Crippen LogP contribution in [0.4, 0.5) is 5.13 Å². The van der Waals surface area contributed by atoms with Crippen molar-refractivity contribution in [3.05, 3.63) is 22.3 Å². The molecule has 2 amide bonds. The lowest BCUT2D eigenvalue weighted by Gasteiger charge is -2.49. The van der Waals surface area contributed by atoms with E-state index in [0.717, 1.165) is 6.54 Å². The highest BCUT2D eigenvalue weighted by Crippen LogP contribution is 2.41. The minimum Gasteiger partial charge on any atom is -0.477 e. The third-order valence-electron chi connectivity index (χ3n) is 5.11. The van der Waals surface area contributed by atoms with Crippen LogP contribution in [0, 0.1) is 0 Å². The van der Waals surface area contributed by atoms with Crippen molar-refractivity contribution in [1.82, 2.24) is 40.3 Å². The third-order valence-corrected chi connectivity index (χ3v) is 8.22. The van der Waals surface area contributed by atoms with E-state index in [9.17, 15) is 19.5 Å². The third kappa shape index (κ3) is 6.60. The van der Waals surface area contributed by atoms with E-state index in [0.29, 0.717) is 39.6 Å². The zero-order chi connectivity index (χ0) is 24.4. The summed E-state index contributed by atoms with van der Waals surface area (Å²) in [5.74, 6) is -1.24. The summed E-state index contributed by atoms with van der Waals surface area (Å²) in [5.41, 5.74) is 6.68. The first-order chi connectivity index (χ1) is 16.2. The number of nitrogen functional groups attached to an aromatic ring is 1. The summed E-state index contributed by atoms with van der Waals surface area (Å²) in [6.07, 6.45) is 0.000917. The van der Waals surface area contributed by atoms with Gasteiger partial charge in [0.05, 0.1) is 18.7 Å². The van der Waals surface area contributed by atoms with Crippen LogP contribution in [0.2, 0.25) is 0 Å². The van der Waals surface area contributed by atoms with Crippen molar-refractivity contribution in [3.8, 4) is 0 Å². The summed E-state index contributed by atoms with van der Waals surface area (Å²) in [7, 11) is 3.90. The second-order valence-electron chi connectivity index (χ2n) is 7.84. The number of amides is 2.